The molecule has 96 valence electrons. The lowest BCUT2D eigenvalue weighted by molar-refractivity contribution is -0.156. The van der Waals surface area contributed by atoms with Gasteiger partial charge >= 0.3 is 5.97 Å². The van der Waals surface area contributed by atoms with Gasteiger partial charge in [0.05, 0.1) is 0 Å². The second kappa shape index (κ2) is 5.65. The average molecular weight is 242 g/mol. The predicted molar refractivity (Wildman–Crippen MR) is 60.2 cm³/mol. The molecule has 0 aromatic carbocycles. The molecule has 1 aliphatic heterocycles. The zero-order valence-corrected chi connectivity index (χ0v) is 10.1. The van der Waals surface area contributed by atoms with Crippen molar-refractivity contribution in [2.24, 2.45) is 5.92 Å². The quantitative estimate of drug-likeness (QED) is 0.717. The van der Waals surface area contributed by atoms with Crippen molar-refractivity contribution in [2.45, 2.75) is 32.7 Å². The Balaban J connectivity index is 2.85. The molecule has 6 nitrogen and oxygen atoms in total. The number of nitrogens with zero attached hydrogens (tertiary/aromatic N) is 1. The van der Waals surface area contributed by atoms with Gasteiger partial charge in [-0.1, -0.05) is 13.8 Å². The molecule has 1 heterocycles. The Hall–Kier alpha value is -1.59. The summed E-state index contributed by atoms with van der Waals surface area (Å²) in [7, 11) is 0. The molecule has 2 N–H and O–H groups in total. The molecule has 1 aliphatic rings. The number of nitrogens with one attached hydrogen (secondary N) is 1. The van der Waals surface area contributed by atoms with Crippen molar-refractivity contribution >= 4 is 17.8 Å². The fourth-order valence-electron chi connectivity index (χ4n) is 1.97. The Bertz CT molecular complexity index is 325. The molecule has 0 aliphatic carbocycles. The number of amides is 2. The highest BCUT2D eigenvalue weighted by Crippen LogP contribution is 2.15. The van der Waals surface area contributed by atoms with Crippen molar-refractivity contribution in [2.75, 3.05) is 13.1 Å². The van der Waals surface area contributed by atoms with Crippen LogP contribution in [0.1, 0.15) is 26.7 Å². The Morgan fingerprint density at radius 1 is 1.47 bits per heavy atom. The number of carboxylic acids is 1. The van der Waals surface area contributed by atoms with Crippen molar-refractivity contribution in [1.82, 2.24) is 10.2 Å². The molecule has 17 heavy (non-hydrogen) atoms. The zero-order valence-electron chi connectivity index (χ0n) is 10.1. The van der Waals surface area contributed by atoms with Crippen molar-refractivity contribution in [1.29, 1.82) is 0 Å². The summed E-state index contributed by atoms with van der Waals surface area (Å²) in [6, 6.07) is -0.944. The van der Waals surface area contributed by atoms with E-state index in [-0.39, 0.29) is 30.8 Å². The summed E-state index contributed by atoms with van der Waals surface area (Å²) in [5.41, 5.74) is 0. The molecule has 0 saturated carbocycles. The molecule has 1 unspecified atom stereocenters. The summed E-state index contributed by atoms with van der Waals surface area (Å²) in [4.78, 5) is 35.6. The summed E-state index contributed by atoms with van der Waals surface area (Å²) in [5, 5.41) is 11.5. The number of carboxylic acid groups (broad SMARTS) is 1. The molecule has 0 spiro atoms. The molecular formula is C11H18N2O4. The first kappa shape index (κ1) is 13.5. The monoisotopic (exact) mass is 242 g/mol. The SMILES string of the molecule is CCC(CC)C(=O)N1CC(=O)NCC1C(=O)O. The van der Waals surface area contributed by atoms with E-state index in [0.29, 0.717) is 12.8 Å². The van der Waals surface area contributed by atoms with Crippen LogP contribution in [0.2, 0.25) is 0 Å². The minimum Gasteiger partial charge on any atom is -0.480 e. The van der Waals surface area contributed by atoms with Crippen LogP contribution in [0.4, 0.5) is 0 Å². The summed E-state index contributed by atoms with van der Waals surface area (Å²) in [6.07, 6.45) is 1.31. The van der Waals surface area contributed by atoms with Gasteiger partial charge in [0.25, 0.3) is 0 Å². The van der Waals surface area contributed by atoms with Crippen LogP contribution in [-0.2, 0) is 14.4 Å². The number of hydrogen-bond acceptors (Lipinski definition) is 3. The number of rotatable bonds is 4. The first-order valence-corrected chi connectivity index (χ1v) is 5.81. The van der Waals surface area contributed by atoms with Crippen molar-refractivity contribution in [3.8, 4) is 0 Å². The van der Waals surface area contributed by atoms with Gasteiger partial charge in [0.1, 0.15) is 12.6 Å². The summed E-state index contributed by atoms with van der Waals surface area (Å²) in [5.74, 6) is -1.83. The highest BCUT2D eigenvalue weighted by molar-refractivity contribution is 5.91. The van der Waals surface area contributed by atoms with Gasteiger partial charge in [0.15, 0.2) is 0 Å². The van der Waals surface area contributed by atoms with Gasteiger partial charge in [0, 0.05) is 12.5 Å². The number of piperazine rings is 1. The fraction of sp³-hybridized carbons (Fsp3) is 0.727. The minimum atomic E-state index is -1.08. The zero-order chi connectivity index (χ0) is 13.0. The Morgan fingerprint density at radius 2 is 2.06 bits per heavy atom. The second-order valence-electron chi connectivity index (χ2n) is 4.14. The highest BCUT2D eigenvalue weighted by Gasteiger charge is 2.36. The Labute approximate surface area is 100.0 Å². The molecule has 1 fully saturated rings. The van der Waals surface area contributed by atoms with Gasteiger partial charge in [-0.2, -0.15) is 0 Å². The highest BCUT2D eigenvalue weighted by atomic mass is 16.4. The van der Waals surface area contributed by atoms with Crippen LogP contribution < -0.4 is 5.32 Å². The molecular weight excluding hydrogens is 224 g/mol. The maximum Gasteiger partial charge on any atom is 0.328 e. The molecule has 0 bridgehead atoms. The van der Waals surface area contributed by atoms with Gasteiger partial charge in [0.2, 0.25) is 11.8 Å². The number of carbonyl (C=O) groups excluding carboxylic acids is 2. The lowest BCUT2D eigenvalue weighted by Gasteiger charge is -2.34. The van der Waals surface area contributed by atoms with E-state index >= 15 is 0 Å². The van der Waals surface area contributed by atoms with Gasteiger partial charge in [-0.05, 0) is 12.8 Å². The maximum absolute atomic E-state index is 12.1. The summed E-state index contributed by atoms with van der Waals surface area (Å²) < 4.78 is 0. The lowest BCUT2D eigenvalue weighted by atomic mass is 10.00. The maximum atomic E-state index is 12.1. The smallest absolute Gasteiger partial charge is 0.328 e. The van der Waals surface area contributed by atoms with Crippen LogP contribution in [-0.4, -0.2) is 46.9 Å². The standard InChI is InChI=1S/C11H18N2O4/c1-3-7(4-2)10(15)13-6-9(14)12-5-8(13)11(16)17/h7-8H,3-6H2,1-2H3,(H,12,14)(H,16,17). The molecule has 1 saturated heterocycles. The second-order valence-corrected chi connectivity index (χ2v) is 4.14. The van der Waals surface area contributed by atoms with Gasteiger partial charge in [-0.25, -0.2) is 4.79 Å². The lowest BCUT2D eigenvalue weighted by Crippen LogP contribution is -2.60. The van der Waals surface area contributed by atoms with E-state index in [4.69, 9.17) is 5.11 Å². The van der Waals surface area contributed by atoms with E-state index in [1.165, 1.54) is 4.90 Å². The van der Waals surface area contributed by atoms with E-state index in [1.807, 2.05) is 13.8 Å². The van der Waals surface area contributed by atoms with E-state index < -0.39 is 12.0 Å². The molecule has 0 radical (unpaired) electrons. The Kier molecular flexibility index (Phi) is 4.48. The topological polar surface area (TPSA) is 86.7 Å². The molecule has 0 aromatic heterocycles. The van der Waals surface area contributed by atoms with E-state index in [0.717, 1.165) is 0 Å². The van der Waals surface area contributed by atoms with E-state index in [9.17, 15) is 14.4 Å². The predicted octanol–water partition coefficient (Wildman–Crippen LogP) is -0.166. The normalized spacial score (nSPS) is 20.3. The minimum absolute atomic E-state index is 0.0138. The molecule has 6 heteroatoms. The van der Waals surface area contributed by atoms with Crippen LogP contribution >= 0.6 is 0 Å². The first-order chi connectivity index (χ1) is 8.01. The largest absolute Gasteiger partial charge is 0.480 e. The van der Waals surface area contributed by atoms with Gasteiger partial charge < -0.3 is 15.3 Å². The van der Waals surface area contributed by atoms with Crippen molar-refractivity contribution < 1.29 is 19.5 Å². The third kappa shape index (κ3) is 2.95. The molecule has 2 amide bonds. The van der Waals surface area contributed by atoms with Crippen LogP contribution in [0.5, 0.6) is 0 Å². The third-order valence-corrected chi connectivity index (χ3v) is 3.09. The summed E-state index contributed by atoms with van der Waals surface area (Å²) in [6.45, 7) is 3.59. The number of carbonyl (C=O) groups is 3. The molecule has 1 atom stereocenters. The van der Waals surface area contributed by atoms with Crippen molar-refractivity contribution in [3.05, 3.63) is 0 Å². The Morgan fingerprint density at radius 3 is 2.53 bits per heavy atom. The van der Waals surface area contributed by atoms with Gasteiger partial charge in [-0.15, -0.1) is 0 Å². The fourth-order valence-corrected chi connectivity index (χ4v) is 1.97. The third-order valence-electron chi connectivity index (χ3n) is 3.09. The van der Waals surface area contributed by atoms with Crippen LogP contribution in [0.25, 0.3) is 0 Å². The van der Waals surface area contributed by atoms with E-state index in [1.54, 1.807) is 0 Å². The molecule has 1 rings (SSSR count). The average Bonchev–Trinajstić information content (AvgIpc) is 2.29. The number of hydrogen-bond donors (Lipinski definition) is 2. The van der Waals surface area contributed by atoms with Crippen LogP contribution in [0.3, 0.4) is 0 Å². The van der Waals surface area contributed by atoms with Gasteiger partial charge in [-0.3, -0.25) is 9.59 Å². The first-order valence-electron chi connectivity index (χ1n) is 5.81. The van der Waals surface area contributed by atoms with Crippen LogP contribution in [0.15, 0.2) is 0 Å². The summed E-state index contributed by atoms with van der Waals surface area (Å²) >= 11 is 0. The van der Waals surface area contributed by atoms with Crippen LogP contribution in [0, 0.1) is 5.92 Å². The number of aliphatic carboxylic acids is 1. The molecule has 0 aromatic rings. The van der Waals surface area contributed by atoms with Crippen molar-refractivity contribution in [3.63, 3.8) is 0 Å². The van der Waals surface area contributed by atoms with E-state index in [2.05, 4.69) is 5.32 Å².